The van der Waals surface area contributed by atoms with Gasteiger partial charge in [0, 0.05) is 19.6 Å². The monoisotopic (exact) mass is 323 g/mol. The van der Waals surface area contributed by atoms with Crippen molar-refractivity contribution in [2.24, 2.45) is 11.8 Å². The third-order valence-electron chi connectivity index (χ3n) is 5.32. The first-order valence-corrected chi connectivity index (χ1v) is 9.84. The molecule has 2 saturated heterocycles. The highest BCUT2D eigenvalue weighted by atomic mass is 16.2. The van der Waals surface area contributed by atoms with Crippen LogP contribution in [0.15, 0.2) is 0 Å². The molecule has 0 spiro atoms. The SMILES string of the molecule is CCCN1CCCCC1C(=O)NCCCN1CC(C)CC(C)C1. The maximum absolute atomic E-state index is 12.5. The number of carbonyl (C=O) groups excluding carboxylic acids is 1. The van der Waals surface area contributed by atoms with E-state index in [1.807, 2.05) is 0 Å². The Morgan fingerprint density at radius 3 is 2.57 bits per heavy atom. The van der Waals surface area contributed by atoms with Crippen molar-refractivity contribution in [1.82, 2.24) is 15.1 Å². The van der Waals surface area contributed by atoms with Crippen molar-refractivity contribution in [2.45, 2.75) is 65.3 Å². The molecule has 0 saturated carbocycles. The van der Waals surface area contributed by atoms with Gasteiger partial charge < -0.3 is 10.2 Å². The number of hydrogen-bond donors (Lipinski definition) is 1. The van der Waals surface area contributed by atoms with Crippen LogP contribution in [0.5, 0.6) is 0 Å². The number of piperidine rings is 2. The smallest absolute Gasteiger partial charge is 0.237 e. The molecule has 4 heteroatoms. The molecule has 0 aliphatic carbocycles. The van der Waals surface area contributed by atoms with Crippen molar-refractivity contribution in [1.29, 1.82) is 0 Å². The average Bonchev–Trinajstić information content (AvgIpc) is 2.51. The molecule has 2 aliphatic heterocycles. The van der Waals surface area contributed by atoms with Crippen LogP contribution in [0.3, 0.4) is 0 Å². The molecular weight excluding hydrogens is 286 g/mol. The first kappa shape index (κ1) is 18.7. The predicted octanol–water partition coefficient (Wildman–Crippen LogP) is 2.74. The number of hydrogen-bond acceptors (Lipinski definition) is 3. The zero-order valence-corrected chi connectivity index (χ0v) is 15.5. The molecule has 1 N–H and O–H groups in total. The van der Waals surface area contributed by atoms with E-state index in [9.17, 15) is 4.79 Å². The standard InChI is InChI=1S/C19H37N3O/c1-4-10-22-12-6-5-8-18(22)19(23)20-9-7-11-21-14-16(2)13-17(3)15-21/h16-18H,4-15H2,1-3H3,(H,20,23). The highest BCUT2D eigenvalue weighted by Gasteiger charge is 2.27. The summed E-state index contributed by atoms with van der Waals surface area (Å²) in [5.74, 6) is 1.90. The van der Waals surface area contributed by atoms with Gasteiger partial charge in [-0.3, -0.25) is 9.69 Å². The van der Waals surface area contributed by atoms with E-state index in [1.165, 1.54) is 32.4 Å². The Balaban J connectivity index is 1.65. The van der Waals surface area contributed by atoms with Crippen molar-refractivity contribution in [3.05, 3.63) is 0 Å². The maximum atomic E-state index is 12.5. The fourth-order valence-corrected chi connectivity index (χ4v) is 4.45. The van der Waals surface area contributed by atoms with Crippen LogP contribution in [0.2, 0.25) is 0 Å². The van der Waals surface area contributed by atoms with Crippen molar-refractivity contribution in [3.8, 4) is 0 Å². The van der Waals surface area contributed by atoms with Gasteiger partial charge in [-0.25, -0.2) is 0 Å². The highest BCUT2D eigenvalue weighted by molar-refractivity contribution is 5.81. The predicted molar refractivity (Wildman–Crippen MR) is 96.5 cm³/mol. The third kappa shape index (κ3) is 6.07. The third-order valence-corrected chi connectivity index (χ3v) is 5.32. The van der Waals surface area contributed by atoms with Crippen LogP contribution in [-0.2, 0) is 4.79 Å². The molecule has 0 aromatic heterocycles. The lowest BCUT2D eigenvalue weighted by molar-refractivity contribution is -0.127. The molecule has 0 aromatic rings. The Labute approximate surface area is 143 Å². The number of carbonyl (C=O) groups is 1. The number of likely N-dealkylation sites (tertiary alicyclic amines) is 2. The topological polar surface area (TPSA) is 35.6 Å². The van der Waals surface area contributed by atoms with E-state index in [0.29, 0.717) is 0 Å². The van der Waals surface area contributed by atoms with Gasteiger partial charge in [-0.05, 0) is 63.6 Å². The summed E-state index contributed by atoms with van der Waals surface area (Å²) in [6, 6.07) is 0.124. The van der Waals surface area contributed by atoms with Gasteiger partial charge >= 0.3 is 0 Å². The second-order valence-electron chi connectivity index (χ2n) is 7.90. The first-order valence-electron chi connectivity index (χ1n) is 9.84. The van der Waals surface area contributed by atoms with Gasteiger partial charge in [0.2, 0.25) is 5.91 Å². The maximum Gasteiger partial charge on any atom is 0.237 e. The fourth-order valence-electron chi connectivity index (χ4n) is 4.45. The van der Waals surface area contributed by atoms with Crippen LogP contribution in [0.1, 0.15) is 59.3 Å². The molecule has 0 bridgehead atoms. The summed E-state index contributed by atoms with van der Waals surface area (Å²) in [5.41, 5.74) is 0. The molecule has 1 amide bonds. The van der Waals surface area contributed by atoms with E-state index < -0.39 is 0 Å². The summed E-state index contributed by atoms with van der Waals surface area (Å²) in [6.45, 7) is 13.5. The molecule has 0 radical (unpaired) electrons. The van der Waals surface area contributed by atoms with Crippen molar-refractivity contribution >= 4 is 5.91 Å². The van der Waals surface area contributed by atoms with Gasteiger partial charge in [-0.2, -0.15) is 0 Å². The Morgan fingerprint density at radius 1 is 1.13 bits per heavy atom. The lowest BCUT2D eigenvalue weighted by atomic mass is 9.92. The molecule has 23 heavy (non-hydrogen) atoms. The molecular formula is C19H37N3O. The molecule has 3 atom stereocenters. The van der Waals surface area contributed by atoms with Gasteiger partial charge in [0.05, 0.1) is 6.04 Å². The number of nitrogens with zero attached hydrogens (tertiary/aromatic N) is 2. The second-order valence-corrected chi connectivity index (χ2v) is 7.90. The van der Waals surface area contributed by atoms with Crippen molar-refractivity contribution in [2.75, 3.05) is 39.3 Å². The van der Waals surface area contributed by atoms with Crippen LogP contribution in [0, 0.1) is 11.8 Å². The number of rotatable bonds is 7. The average molecular weight is 324 g/mol. The molecule has 3 unspecified atom stereocenters. The Kier molecular flexibility index (Phi) is 7.84. The molecule has 2 aliphatic rings. The van der Waals surface area contributed by atoms with Crippen LogP contribution in [0.25, 0.3) is 0 Å². The first-order chi connectivity index (χ1) is 11.1. The minimum atomic E-state index is 0.124. The van der Waals surface area contributed by atoms with Gasteiger partial charge in [-0.1, -0.05) is 27.2 Å². The molecule has 134 valence electrons. The zero-order chi connectivity index (χ0) is 16.7. The van der Waals surface area contributed by atoms with Gasteiger partial charge in [0.25, 0.3) is 0 Å². The molecule has 4 nitrogen and oxygen atoms in total. The van der Waals surface area contributed by atoms with E-state index in [1.54, 1.807) is 0 Å². The summed E-state index contributed by atoms with van der Waals surface area (Å²) in [7, 11) is 0. The Morgan fingerprint density at radius 2 is 1.87 bits per heavy atom. The minimum absolute atomic E-state index is 0.124. The van der Waals surface area contributed by atoms with Crippen molar-refractivity contribution < 1.29 is 4.79 Å². The zero-order valence-electron chi connectivity index (χ0n) is 15.5. The lowest BCUT2D eigenvalue weighted by Crippen LogP contribution is -2.50. The van der Waals surface area contributed by atoms with Gasteiger partial charge in [0.15, 0.2) is 0 Å². The summed E-state index contributed by atoms with van der Waals surface area (Å²) < 4.78 is 0. The molecule has 2 rings (SSSR count). The van der Waals surface area contributed by atoms with E-state index in [4.69, 9.17) is 0 Å². The van der Waals surface area contributed by atoms with E-state index in [0.717, 1.165) is 57.3 Å². The number of nitrogens with one attached hydrogen (secondary N) is 1. The van der Waals surface area contributed by atoms with Crippen LogP contribution >= 0.6 is 0 Å². The molecule has 0 aromatic carbocycles. The molecule has 2 heterocycles. The Hall–Kier alpha value is -0.610. The van der Waals surface area contributed by atoms with E-state index in [2.05, 4.69) is 35.9 Å². The summed E-state index contributed by atoms with van der Waals surface area (Å²) in [6.07, 6.45) is 7.05. The summed E-state index contributed by atoms with van der Waals surface area (Å²) in [4.78, 5) is 17.4. The lowest BCUT2D eigenvalue weighted by Gasteiger charge is -2.35. The van der Waals surface area contributed by atoms with Crippen molar-refractivity contribution in [3.63, 3.8) is 0 Å². The van der Waals surface area contributed by atoms with Gasteiger partial charge in [0.1, 0.15) is 0 Å². The van der Waals surface area contributed by atoms with Gasteiger partial charge in [-0.15, -0.1) is 0 Å². The summed E-state index contributed by atoms with van der Waals surface area (Å²) in [5, 5.41) is 3.20. The second kappa shape index (κ2) is 9.63. The minimum Gasteiger partial charge on any atom is -0.355 e. The molecule has 2 fully saturated rings. The number of amides is 1. The largest absolute Gasteiger partial charge is 0.355 e. The Bertz CT molecular complexity index is 349. The fraction of sp³-hybridized carbons (Fsp3) is 0.947. The van der Waals surface area contributed by atoms with E-state index in [-0.39, 0.29) is 11.9 Å². The van der Waals surface area contributed by atoms with Crippen LogP contribution in [-0.4, -0.2) is 61.0 Å². The normalized spacial score (nSPS) is 30.3. The van der Waals surface area contributed by atoms with E-state index >= 15 is 0 Å². The summed E-state index contributed by atoms with van der Waals surface area (Å²) >= 11 is 0. The quantitative estimate of drug-likeness (QED) is 0.732. The van der Waals surface area contributed by atoms with Crippen LogP contribution < -0.4 is 5.32 Å². The highest BCUT2D eigenvalue weighted by Crippen LogP contribution is 2.21. The van der Waals surface area contributed by atoms with Crippen LogP contribution in [0.4, 0.5) is 0 Å².